The molecule has 3 nitrogen and oxygen atoms in total. The minimum absolute atomic E-state index is 0.217. The molecule has 0 aromatic heterocycles. The molecule has 1 amide bonds. The number of carbonyl (C=O) groups excluding carboxylic acids is 1. The summed E-state index contributed by atoms with van der Waals surface area (Å²) in [5.74, 6) is 0.315. The van der Waals surface area contributed by atoms with Crippen LogP contribution in [0.2, 0.25) is 10.0 Å². The second-order valence-electron chi connectivity index (χ2n) is 4.56. The monoisotopic (exact) mass is 323 g/mol. The van der Waals surface area contributed by atoms with Crippen LogP contribution in [0.15, 0.2) is 42.5 Å². The van der Waals surface area contributed by atoms with Crippen LogP contribution in [0, 0.1) is 0 Å². The van der Waals surface area contributed by atoms with Crippen molar-refractivity contribution in [3.8, 4) is 5.75 Å². The first kappa shape index (κ1) is 15.7. The number of para-hydroxylation sites is 1. The average molecular weight is 324 g/mol. The topological polar surface area (TPSA) is 38.3 Å². The number of carbonyl (C=O) groups is 1. The van der Waals surface area contributed by atoms with Gasteiger partial charge in [-0.1, -0.05) is 41.4 Å². The van der Waals surface area contributed by atoms with Crippen LogP contribution in [-0.4, -0.2) is 13.0 Å². The predicted molar refractivity (Wildman–Crippen MR) is 85.3 cm³/mol. The number of hydrogen-bond donors (Lipinski definition) is 1. The maximum atomic E-state index is 12.3. The van der Waals surface area contributed by atoms with Crippen LogP contribution in [0.3, 0.4) is 0 Å². The van der Waals surface area contributed by atoms with Gasteiger partial charge in [0.15, 0.2) is 0 Å². The van der Waals surface area contributed by atoms with Crippen molar-refractivity contribution in [1.82, 2.24) is 5.32 Å². The fourth-order valence-corrected chi connectivity index (χ4v) is 2.61. The lowest BCUT2D eigenvalue weighted by Gasteiger charge is -2.17. The highest BCUT2D eigenvalue weighted by Crippen LogP contribution is 2.27. The summed E-state index contributed by atoms with van der Waals surface area (Å²) >= 11 is 12.0. The second-order valence-corrected chi connectivity index (χ2v) is 5.40. The second kappa shape index (κ2) is 6.83. The Morgan fingerprint density at radius 1 is 1.19 bits per heavy atom. The minimum Gasteiger partial charge on any atom is -0.496 e. The van der Waals surface area contributed by atoms with Gasteiger partial charge in [-0.25, -0.2) is 0 Å². The summed E-state index contributed by atoms with van der Waals surface area (Å²) in [6, 6.07) is 12.0. The third kappa shape index (κ3) is 3.69. The molecule has 0 heterocycles. The molecule has 1 atom stereocenters. The molecule has 110 valence electrons. The highest BCUT2D eigenvalue weighted by atomic mass is 35.5. The van der Waals surface area contributed by atoms with Gasteiger partial charge in [0.05, 0.1) is 18.7 Å². The van der Waals surface area contributed by atoms with Gasteiger partial charge in [0.2, 0.25) is 0 Å². The minimum atomic E-state index is -0.243. The summed E-state index contributed by atoms with van der Waals surface area (Å²) in [7, 11) is 1.53. The summed E-state index contributed by atoms with van der Waals surface area (Å²) in [5.41, 5.74) is 1.29. The van der Waals surface area contributed by atoms with Crippen LogP contribution in [0.5, 0.6) is 5.75 Å². The molecule has 0 aliphatic carbocycles. The standard InChI is InChI=1S/C16H15Cl2NO2/c1-10(12-8-7-11(17)9-14(12)18)19-16(20)13-5-3-4-6-15(13)21-2/h3-10H,1-2H3,(H,19,20). The van der Waals surface area contributed by atoms with E-state index in [1.807, 2.05) is 13.0 Å². The van der Waals surface area contributed by atoms with Crippen molar-refractivity contribution >= 4 is 29.1 Å². The van der Waals surface area contributed by atoms with Gasteiger partial charge in [-0.05, 0) is 36.8 Å². The lowest BCUT2D eigenvalue weighted by Crippen LogP contribution is -2.27. The molecular formula is C16H15Cl2NO2. The van der Waals surface area contributed by atoms with E-state index in [0.717, 1.165) is 5.56 Å². The number of methoxy groups -OCH3 is 1. The van der Waals surface area contributed by atoms with Crippen LogP contribution in [0.1, 0.15) is 28.9 Å². The summed E-state index contributed by atoms with van der Waals surface area (Å²) in [5, 5.41) is 3.99. The van der Waals surface area contributed by atoms with E-state index in [1.54, 1.807) is 36.4 Å². The Morgan fingerprint density at radius 3 is 2.57 bits per heavy atom. The first-order chi connectivity index (χ1) is 10.0. The molecule has 1 unspecified atom stereocenters. The third-order valence-electron chi connectivity index (χ3n) is 3.13. The molecule has 0 saturated carbocycles. The number of halogens is 2. The smallest absolute Gasteiger partial charge is 0.255 e. The molecule has 0 aliphatic heterocycles. The van der Waals surface area contributed by atoms with E-state index in [-0.39, 0.29) is 11.9 Å². The molecule has 21 heavy (non-hydrogen) atoms. The predicted octanol–water partition coefficient (Wildman–Crippen LogP) is 4.49. The van der Waals surface area contributed by atoms with Gasteiger partial charge in [-0.15, -0.1) is 0 Å². The lowest BCUT2D eigenvalue weighted by molar-refractivity contribution is 0.0937. The highest BCUT2D eigenvalue weighted by molar-refractivity contribution is 6.35. The van der Waals surface area contributed by atoms with Crippen LogP contribution in [0.25, 0.3) is 0 Å². The number of rotatable bonds is 4. The largest absolute Gasteiger partial charge is 0.496 e. The van der Waals surface area contributed by atoms with Gasteiger partial charge in [0.1, 0.15) is 5.75 Å². The number of ether oxygens (including phenoxy) is 1. The Morgan fingerprint density at radius 2 is 1.90 bits per heavy atom. The number of nitrogens with one attached hydrogen (secondary N) is 1. The first-order valence-electron chi connectivity index (χ1n) is 6.41. The number of amides is 1. The molecule has 5 heteroatoms. The van der Waals surface area contributed by atoms with Crippen molar-refractivity contribution in [1.29, 1.82) is 0 Å². The molecular weight excluding hydrogens is 309 g/mol. The van der Waals surface area contributed by atoms with Gasteiger partial charge in [0, 0.05) is 10.0 Å². The van der Waals surface area contributed by atoms with E-state index in [4.69, 9.17) is 27.9 Å². The molecule has 2 aromatic carbocycles. The van der Waals surface area contributed by atoms with E-state index in [0.29, 0.717) is 21.4 Å². The zero-order valence-corrected chi connectivity index (χ0v) is 13.2. The van der Waals surface area contributed by atoms with E-state index in [1.165, 1.54) is 7.11 Å². The van der Waals surface area contributed by atoms with Crippen LogP contribution >= 0.6 is 23.2 Å². The van der Waals surface area contributed by atoms with Crippen molar-refractivity contribution < 1.29 is 9.53 Å². The molecule has 1 N–H and O–H groups in total. The van der Waals surface area contributed by atoms with Crippen LogP contribution in [-0.2, 0) is 0 Å². The third-order valence-corrected chi connectivity index (χ3v) is 3.69. The number of benzene rings is 2. The Labute approximate surface area is 133 Å². The fraction of sp³-hybridized carbons (Fsp3) is 0.188. The fourth-order valence-electron chi connectivity index (χ4n) is 2.04. The number of hydrogen-bond acceptors (Lipinski definition) is 2. The van der Waals surface area contributed by atoms with Crippen LogP contribution < -0.4 is 10.1 Å². The summed E-state index contributed by atoms with van der Waals surface area (Å²) in [4.78, 5) is 12.3. The van der Waals surface area contributed by atoms with E-state index in [2.05, 4.69) is 5.32 Å². The summed E-state index contributed by atoms with van der Waals surface area (Å²) in [6.07, 6.45) is 0. The van der Waals surface area contributed by atoms with Crippen molar-refractivity contribution in [2.45, 2.75) is 13.0 Å². The molecule has 0 aliphatic rings. The zero-order chi connectivity index (χ0) is 15.4. The molecule has 0 fully saturated rings. The molecule has 0 bridgehead atoms. The first-order valence-corrected chi connectivity index (χ1v) is 7.17. The Bertz CT molecular complexity index is 658. The van der Waals surface area contributed by atoms with Gasteiger partial charge >= 0.3 is 0 Å². The zero-order valence-electron chi connectivity index (χ0n) is 11.7. The summed E-state index contributed by atoms with van der Waals surface area (Å²) < 4.78 is 5.19. The molecule has 0 spiro atoms. The molecule has 0 saturated heterocycles. The maximum absolute atomic E-state index is 12.3. The highest BCUT2D eigenvalue weighted by Gasteiger charge is 2.16. The van der Waals surface area contributed by atoms with E-state index < -0.39 is 0 Å². The van der Waals surface area contributed by atoms with E-state index in [9.17, 15) is 4.79 Å². The summed E-state index contributed by atoms with van der Waals surface area (Å²) in [6.45, 7) is 1.86. The van der Waals surface area contributed by atoms with Gasteiger partial charge in [-0.2, -0.15) is 0 Å². The average Bonchev–Trinajstić information content (AvgIpc) is 2.46. The molecule has 2 rings (SSSR count). The van der Waals surface area contributed by atoms with Crippen molar-refractivity contribution in [2.24, 2.45) is 0 Å². The SMILES string of the molecule is COc1ccccc1C(=O)NC(C)c1ccc(Cl)cc1Cl. The molecule has 2 aromatic rings. The normalized spacial score (nSPS) is 11.8. The van der Waals surface area contributed by atoms with Crippen molar-refractivity contribution in [3.63, 3.8) is 0 Å². The van der Waals surface area contributed by atoms with Crippen molar-refractivity contribution in [3.05, 3.63) is 63.6 Å². The van der Waals surface area contributed by atoms with Crippen LogP contribution in [0.4, 0.5) is 0 Å². The van der Waals surface area contributed by atoms with Gasteiger partial charge in [-0.3, -0.25) is 4.79 Å². The maximum Gasteiger partial charge on any atom is 0.255 e. The Kier molecular flexibility index (Phi) is 5.10. The Balaban J connectivity index is 2.19. The lowest BCUT2D eigenvalue weighted by atomic mass is 10.1. The Hall–Kier alpha value is -1.71. The van der Waals surface area contributed by atoms with Gasteiger partial charge in [0.25, 0.3) is 5.91 Å². The van der Waals surface area contributed by atoms with E-state index >= 15 is 0 Å². The van der Waals surface area contributed by atoms with Crippen molar-refractivity contribution in [2.75, 3.05) is 7.11 Å². The van der Waals surface area contributed by atoms with Gasteiger partial charge < -0.3 is 10.1 Å². The molecule has 0 radical (unpaired) electrons. The quantitative estimate of drug-likeness (QED) is 0.900.